The summed E-state index contributed by atoms with van der Waals surface area (Å²) in [6.45, 7) is 2.05. The molecule has 0 radical (unpaired) electrons. The Morgan fingerprint density at radius 3 is 2.93 bits per heavy atom. The first-order valence-electron chi connectivity index (χ1n) is 4.38. The Morgan fingerprint density at radius 2 is 2.29 bits per heavy atom. The topological polar surface area (TPSA) is 53.6 Å². The average molecular weight is 255 g/mol. The van der Waals surface area contributed by atoms with Gasteiger partial charge in [0, 0.05) is 6.20 Å². The number of hydrogen-bond donors (Lipinski definition) is 2. The first-order chi connectivity index (χ1) is 6.72. The number of nitrogens with one attached hydrogen (secondary N) is 2. The fourth-order valence-corrected chi connectivity index (χ4v) is 1.68. The summed E-state index contributed by atoms with van der Waals surface area (Å²) in [5.74, 6) is 0.927. The molecule has 0 aliphatic rings. The van der Waals surface area contributed by atoms with Crippen molar-refractivity contribution in [1.82, 2.24) is 20.3 Å². The maximum absolute atomic E-state index is 4.48. The Bertz CT molecular complexity index is 451. The lowest BCUT2D eigenvalue weighted by Gasteiger charge is -2.04. The standard InChI is InChI=1S/C9H11BrN4/c1-5(11-2)9-13-7-4-12-3-6(10)8(7)14-9/h3-5,11H,1-2H3,(H,13,14). The van der Waals surface area contributed by atoms with Crippen molar-refractivity contribution in [3.8, 4) is 0 Å². The Balaban J connectivity index is 2.56. The van der Waals surface area contributed by atoms with Crippen molar-refractivity contribution < 1.29 is 0 Å². The summed E-state index contributed by atoms with van der Waals surface area (Å²) in [7, 11) is 1.91. The van der Waals surface area contributed by atoms with Gasteiger partial charge < -0.3 is 10.3 Å². The van der Waals surface area contributed by atoms with Gasteiger partial charge in [0.15, 0.2) is 0 Å². The van der Waals surface area contributed by atoms with E-state index < -0.39 is 0 Å². The van der Waals surface area contributed by atoms with Crippen molar-refractivity contribution in [2.75, 3.05) is 7.05 Å². The minimum absolute atomic E-state index is 0.217. The van der Waals surface area contributed by atoms with E-state index in [4.69, 9.17) is 0 Å². The first-order valence-corrected chi connectivity index (χ1v) is 5.18. The Labute approximate surface area is 90.3 Å². The number of rotatable bonds is 2. The summed E-state index contributed by atoms with van der Waals surface area (Å²) in [6.07, 6.45) is 3.52. The van der Waals surface area contributed by atoms with Crippen LogP contribution in [-0.4, -0.2) is 22.0 Å². The molecule has 2 N–H and O–H groups in total. The number of fused-ring (bicyclic) bond motifs is 1. The van der Waals surface area contributed by atoms with Crippen LogP contribution in [0.15, 0.2) is 16.9 Å². The van der Waals surface area contributed by atoms with Gasteiger partial charge in [0.1, 0.15) is 11.3 Å². The lowest BCUT2D eigenvalue weighted by atomic mass is 10.3. The van der Waals surface area contributed by atoms with Crippen molar-refractivity contribution in [3.05, 3.63) is 22.7 Å². The maximum atomic E-state index is 4.48. The van der Waals surface area contributed by atoms with Gasteiger partial charge in [-0.25, -0.2) is 4.98 Å². The van der Waals surface area contributed by atoms with Crippen LogP contribution in [0.5, 0.6) is 0 Å². The minimum atomic E-state index is 0.217. The molecule has 2 rings (SSSR count). The molecule has 0 spiro atoms. The molecular weight excluding hydrogens is 244 g/mol. The van der Waals surface area contributed by atoms with Crippen molar-refractivity contribution in [2.45, 2.75) is 13.0 Å². The van der Waals surface area contributed by atoms with Gasteiger partial charge in [-0.1, -0.05) is 0 Å². The van der Waals surface area contributed by atoms with Crippen molar-refractivity contribution >= 4 is 27.0 Å². The van der Waals surface area contributed by atoms with Gasteiger partial charge in [0.25, 0.3) is 0 Å². The molecule has 5 heteroatoms. The molecule has 0 saturated carbocycles. The van der Waals surface area contributed by atoms with Crippen LogP contribution >= 0.6 is 15.9 Å². The van der Waals surface area contributed by atoms with Crippen LogP contribution < -0.4 is 5.32 Å². The molecule has 0 aliphatic carbocycles. The minimum Gasteiger partial charge on any atom is -0.339 e. The summed E-state index contributed by atoms with van der Waals surface area (Å²) < 4.78 is 0.917. The number of nitrogens with zero attached hydrogens (tertiary/aromatic N) is 2. The second-order valence-electron chi connectivity index (χ2n) is 3.15. The predicted molar refractivity (Wildman–Crippen MR) is 59.1 cm³/mol. The largest absolute Gasteiger partial charge is 0.339 e. The zero-order valence-electron chi connectivity index (χ0n) is 8.00. The summed E-state index contributed by atoms with van der Waals surface area (Å²) in [4.78, 5) is 11.8. The highest BCUT2D eigenvalue weighted by Crippen LogP contribution is 2.21. The molecule has 0 saturated heterocycles. The van der Waals surface area contributed by atoms with Gasteiger partial charge in [0.2, 0.25) is 0 Å². The van der Waals surface area contributed by atoms with Crippen molar-refractivity contribution in [1.29, 1.82) is 0 Å². The van der Waals surface area contributed by atoms with E-state index in [0.29, 0.717) is 0 Å². The van der Waals surface area contributed by atoms with Crippen molar-refractivity contribution in [2.24, 2.45) is 0 Å². The summed E-state index contributed by atoms with van der Waals surface area (Å²) in [6, 6.07) is 0.217. The lowest BCUT2D eigenvalue weighted by Crippen LogP contribution is -2.13. The van der Waals surface area contributed by atoms with Crippen LogP contribution in [0.25, 0.3) is 11.0 Å². The van der Waals surface area contributed by atoms with Gasteiger partial charge in [-0.2, -0.15) is 0 Å². The molecule has 74 valence electrons. The number of halogens is 1. The quantitative estimate of drug-likeness (QED) is 0.862. The molecule has 2 aromatic heterocycles. The highest BCUT2D eigenvalue weighted by molar-refractivity contribution is 9.10. The number of pyridine rings is 1. The monoisotopic (exact) mass is 254 g/mol. The molecule has 0 fully saturated rings. The average Bonchev–Trinajstić information content (AvgIpc) is 2.62. The van der Waals surface area contributed by atoms with Gasteiger partial charge in [-0.3, -0.25) is 4.98 Å². The van der Waals surface area contributed by atoms with Gasteiger partial charge in [-0.15, -0.1) is 0 Å². The van der Waals surface area contributed by atoms with E-state index in [2.05, 4.69) is 43.1 Å². The van der Waals surface area contributed by atoms with Crippen LogP contribution in [0, 0.1) is 0 Å². The molecular formula is C9H11BrN4. The second kappa shape index (κ2) is 3.67. The summed E-state index contributed by atoms with van der Waals surface area (Å²) in [5.41, 5.74) is 1.88. The van der Waals surface area contributed by atoms with E-state index in [9.17, 15) is 0 Å². The zero-order chi connectivity index (χ0) is 10.1. The number of imidazole rings is 1. The van der Waals surface area contributed by atoms with E-state index in [1.165, 1.54) is 0 Å². The summed E-state index contributed by atoms with van der Waals surface area (Å²) in [5, 5.41) is 3.13. The molecule has 4 nitrogen and oxygen atoms in total. The molecule has 1 unspecified atom stereocenters. The van der Waals surface area contributed by atoms with Crippen LogP contribution in [0.4, 0.5) is 0 Å². The zero-order valence-corrected chi connectivity index (χ0v) is 9.59. The van der Waals surface area contributed by atoms with E-state index in [1.807, 2.05) is 7.05 Å². The van der Waals surface area contributed by atoms with Crippen LogP contribution in [0.1, 0.15) is 18.8 Å². The highest BCUT2D eigenvalue weighted by Gasteiger charge is 2.10. The van der Waals surface area contributed by atoms with E-state index >= 15 is 0 Å². The molecule has 0 amide bonds. The predicted octanol–water partition coefficient (Wildman–Crippen LogP) is 2.00. The molecule has 0 aliphatic heterocycles. The molecule has 2 heterocycles. The number of H-pyrrole nitrogens is 1. The van der Waals surface area contributed by atoms with Gasteiger partial charge in [0.05, 0.1) is 22.2 Å². The van der Waals surface area contributed by atoms with Crippen LogP contribution in [-0.2, 0) is 0 Å². The number of aromatic nitrogens is 3. The molecule has 0 bridgehead atoms. The molecule has 1 atom stereocenters. The van der Waals surface area contributed by atoms with E-state index in [1.54, 1.807) is 12.4 Å². The second-order valence-corrected chi connectivity index (χ2v) is 4.00. The Hall–Kier alpha value is -0.940. The lowest BCUT2D eigenvalue weighted by molar-refractivity contribution is 0.620. The molecule has 2 aromatic rings. The molecule has 0 aromatic carbocycles. The van der Waals surface area contributed by atoms with E-state index in [0.717, 1.165) is 21.3 Å². The van der Waals surface area contributed by atoms with Crippen LogP contribution in [0.3, 0.4) is 0 Å². The third-order valence-corrected chi connectivity index (χ3v) is 2.79. The third-order valence-electron chi connectivity index (χ3n) is 2.21. The first kappa shape index (κ1) is 9.61. The number of aromatic amines is 1. The smallest absolute Gasteiger partial charge is 0.124 e. The van der Waals surface area contributed by atoms with Gasteiger partial charge in [-0.05, 0) is 29.9 Å². The van der Waals surface area contributed by atoms with Crippen molar-refractivity contribution in [3.63, 3.8) is 0 Å². The maximum Gasteiger partial charge on any atom is 0.124 e. The van der Waals surface area contributed by atoms with E-state index in [-0.39, 0.29) is 6.04 Å². The Kier molecular flexibility index (Phi) is 2.52. The fraction of sp³-hybridized carbons (Fsp3) is 0.333. The third kappa shape index (κ3) is 1.53. The highest BCUT2D eigenvalue weighted by atomic mass is 79.9. The van der Waals surface area contributed by atoms with Gasteiger partial charge >= 0.3 is 0 Å². The molecule has 14 heavy (non-hydrogen) atoms. The Morgan fingerprint density at radius 1 is 1.50 bits per heavy atom. The fourth-order valence-electron chi connectivity index (χ4n) is 1.26. The SMILES string of the molecule is CNC(C)c1nc2c(Br)cncc2[nH]1. The summed E-state index contributed by atoms with van der Waals surface area (Å²) >= 11 is 3.42. The van der Waals surface area contributed by atoms with Crippen LogP contribution in [0.2, 0.25) is 0 Å². The number of hydrogen-bond acceptors (Lipinski definition) is 3. The normalized spacial score (nSPS) is 13.4.